The van der Waals surface area contributed by atoms with Gasteiger partial charge in [-0.1, -0.05) is 36.7 Å². The topological polar surface area (TPSA) is 35.9 Å². The van der Waals surface area contributed by atoms with Crippen LogP contribution in [0.4, 0.5) is 4.39 Å². The molecule has 1 saturated carbocycles. The normalized spacial score (nSPS) is 22.3. The zero-order chi connectivity index (χ0) is 17.1. The Morgan fingerprint density at radius 1 is 1.32 bits per heavy atom. The number of amidine groups is 1. The number of carbonyl (C=O) groups excluding carboxylic acids is 1. The highest BCUT2D eigenvalue weighted by atomic mass is 35.5. The number of rotatable bonds is 4. The highest BCUT2D eigenvalue weighted by Gasteiger charge is 2.34. The Morgan fingerprint density at radius 3 is 2.56 bits per heavy atom. The Morgan fingerprint density at radius 2 is 1.96 bits per heavy atom. The van der Waals surface area contributed by atoms with Crippen LogP contribution in [-0.2, 0) is 11.3 Å². The lowest BCUT2D eigenvalue weighted by Gasteiger charge is -2.33. The van der Waals surface area contributed by atoms with Crippen molar-refractivity contribution < 1.29 is 9.18 Å². The molecule has 7 heteroatoms. The molecule has 2 aliphatic rings. The van der Waals surface area contributed by atoms with E-state index in [9.17, 15) is 9.18 Å². The number of hydrogen-bond acceptors (Lipinski definition) is 3. The van der Waals surface area contributed by atoms with E-state index < -0.39 is 0 Å². The summed E-state index contributed by atoms with van der Waals surface area (Å²) < 4.78 is 13.1. The maximum Gasteiger partial charge on any atom is 0.221 e. The molecule has 0 aromatic heterocycles. The molecule has 1 aliphatic carbocycles. The quantitative estimate of drug-likeness (QED) is 0.788. The number of hydrogen-bond donors (Lipinski definition) is 0. The number of carbonyl (C=O) groups is 1. The van der Waals surface area contributed by atoms with Crippen molar-refractivity contribution in [3.05, 3.63) is 35.6 Å². The monoisotopic (exact) mass is 385 g/mol. The average Bonchev–Trinajstić information content (AvgIpc) is 3.18. The summed E-state index contributed by atoms with van der Waals surface area (Å²) in [5.74, 6) is 0.592. The van der Waals surface area contributed by atoms with Crippen molar-refractivity contribution in [3.63, 3.8) is 0 Å². The molecule has 1 unspecified atom stereocenters. The van der Waals surface area contributed by atoms with Gasteiger partial charge in [0.2, 0.25) is 5.91 Å². The maximum absolute atomic E-state index is 13.1. The van der Waals surface area contributed by atoms with Crippen molar-refractivity contribution in [1.29, 1.82) is 0 Å². The van der Waals surface area contributed by atoms with Crippen LogP contribution in [0.1, 0.15) is 38.2 Å². The lowest BCUT2D eigenvalue weighted by Crippen LogP contribution is -2.47. The fraction of sp³-hybridized carbons (Fsp3) is 0.556. The molecule has 2 fully saturated rings. The number of thioether (sulfide) groups is 1. The molecule has 0 spiro atoms. The standard InChI is InChI=1S/C18H24FN3OS.ClH/c1-13(23)22(11-14-7-9-15(19)10-8-14)17-12-24-18(21(17)2)20-16-5-3-4-6-16;/h7-10,16-17H,3-6,11-12H2,1-2H3;1H. The van der Waals surface area contributed by atoms with Crippen LogP contribution in [0.3, 0.4) is 0 Å². The fourth-order valence-corrected chi connectivity index (χ4v) is 4.57. The molecule has 1 aliphatic heterocycles. The van der Waals surface area contributed by atoms with Gasteiger partial charge in [0.15, 0.2) is 5.17 Å². The van der Waals surface area contributed by atoms with Crippen LogP contribution in [0.5, 0.6) is 0 Å². The summed E-state index contributed by atoms with van der Waals surface area (Å²) in [5, 5.41) is 1.04. The van der Waals surface area contributed by atoms with E-state index in [4.69, 9.17) is 4.99 Å². The van der Waals surface area contributed by atoms with Crippen molar-refractivity contribution in [2.45, 2.75) is 51.4 Å². The summed E-state index contributed by atoms with van der Waals surface area (Å²) in [6.45, 7) is 2.08. The predicted molar refractivity (Wildman–Crippen MR) is 104 cm³/mol. The second kappa shape index (κ2) is 8.90. The van der Waals surface area contributed by atoms with Crippen molar-refractivity contribution in [2.24, 2.45) is 4.99 Å². The van der Waals surface area contributed by atoms with Gasteiger partial charge < -0.3 is 9.80 Å². The first-order chi connectivity index (χ1) is 11.5. The molecule has 1 atom stereocenters. The second-order valence-electron chi connectivity index (χ2n) is 6.53. The molecule has 1 saturated heterocycles. The Labute approximate surface area is 159 Å². The van der Waals surface area contributed by atoms with Crippen molar-refractivity contribution >= 4 is 35.2 Å². The minimum Gasteiger partial charge on any atom is -0.333 e. The van der Waals surface area contributed by atoms with Crippen molar-refractivity contribution in [2.75, 3.05) is 12.8 Å². The fourth-order valence-electron chi connectivity index (χ4n) is 3.32. The molecule has 138 valence electrons. The van der Waals surface area contributed by atoms with E-state index >= 15 is 0 Å². The molecular formula is C18H25ClFN3OS. The third kappa shape index (κ3) is 4.88. The molecule has 1 amide bonds. The summed E-state index contributed by atoms with van der Waals surface area (Å²) in [6.07, 6.45) is 4.88. The minimum atomic E-state index is -0.257. The van der Waals surface area contributed by atoms with Crippen molar-refractivity contribution in [1.82, 2.24) is 9.80 Å². The maximum atomic E-state index is 13.1. The summed E-state index contributed by atoms with van der Waals surface area (Å²) in [7, 11) is 2.01. The third-order valence-electron chi connectivity index (χ3n) is 4.76. The SMILES string of the molecule is CC(=O)N(Cc1ccc(F)cc1)C1CSC(=NC2CCCC2)N1C.Cl. The summed E-state index contributed by atoms with van der Waals surface area (Å²) in [6, 6.07) is 6.79. The van der Waals surface area contributed by atoms with Gasteiger partial charge in [0, 0.05) is 26.3 Å². The van der Waals surface area contributed by atoms with Crippen molar-refractivity contribution in [3.8, 4) is 0 Å². The van der Waals surface area contributed by atoms with Gasteiger partial charge in [-0.3, -0.25) is 9.79 Å². The molecule has 25 heavy (non-hydrogen) atoms. The molecule has 1 heterocycles. The van der Waals surface area contributed by atoms with E-state index in [1.165, 1.54) is 37.8 Å². The Bertz CT molecular complexity index is 619. The number of amides is 1. The highest BCUT2D eigenvalue weighted by Crippen LogP contribution is 2.29. The van der Waals surface area contributed by atoms with E-state index in [-0.39, 0.29) is 30.3 Å². The average molecular weight is 386 g/mol. The first-order valence-electron chi connectivity index (χ1n) is 8.49. The molecule has 0 N–H and O–H groups in total. The smallest absolute Gasteiger partial charge is 0.221 e. The van der Waals surface area contributed by atoms with Crippen LogP contribution in [0.25, 0.3) is 0 Å². The molecule has 0 radical (unpaired) electrons. The van der Waals surface area contributed by atoms with E-state index in [0.29, 0.717) is 12.6 Å². The van der Waals surface area contributed by atoms with Crippen LogP contribution in [-0.4, -0.2) is 45.9 Å². The Hall–Kier alpha value is -1.27. The molecular weight excluding hydrogens is 361 g/mol. The molecule has 0 bridgehead atoms. The number of halogens is 2. The zero-order valence-electron chi connectivity index (χ0n) is 14.7. The Kier molecular flexibility index (Phi) is 7.14. The third-order valence-corrected chi connectivity index (χ3v) is 5.87. The summed E-state index contributed by atoms with van der Waals surface area (Å²) >= 11 is 1.73. The number of aliphatic imine (C=N–C) groups is 1. The Balaban J connectivity index is 0.00000225. The number of benzene rings is 1. The predicted octanol–water partition coefficient (Wildman–Crippen LogP) is 3.90. The highest BCUT2D eigenvalue weighted by molar-refractivity contribution is 8.14. The number of nitrogens with zero attached hydrogens (tertiary/aromatic N) is 3. The van der Waals surface area contributed by atoms with Gasteiger partial charge >= 0.3 is 0 Å². The first-order valence-corrected chi connectivity index (χ1v) is 9.48. The van der Waals surface area contributed by atoms with E-state index in [2.05, 4.69) is 4.90 Å². The first kappa shape index (κ1) is 20.0. The lowest BCUT2D eigenvalue weighted by atomic mass is 10.2. The van der Waals surface area contributed by atoms with Gasteiger partial charge in [-0.25, -0.2) is 4.39 Å². The van der Waals surface area contributed by atoms with Gasteiger partial charge in [0.25, 0.3) is 0 Å². The molecule has 1 aromatic rings. The van der Waals surface area contributed by atoms with Crippen LogP contribution in [0.2, 0.25) is 0 Å². The summed E-state index contributed by atoms with van der Waals surface area (Å²) in [4.78, 5) is 21.0. The largest absolute Gasteiger partial charge is 0.333 e. The second-order valence-corrected chi connectivity index (χ2v) is 7.51. The molecule has 3 rings (SSSR count). The van der Waals surface area contributed by atoms with Crippen LogP contribution < -0.4 is 0 Å². The molecule has 4 nitrogen and oxygen atoms in total. The van der Waals surface area contributed by atoms with Gasteiger partial charge in [0.1, 0.15) is 12.0 Å². The van der Waals surface area contributed by atoms with Crippen LogP contribution >= 0.6 is 24.2 Å². The molecule has 1 aromatic carbocycles. The van der Waals surface area contributed by atoms with Gasteiger partial charge in [-0.2, -0.15) is 0 Å². The van der Waals surface area contributed by atoms with Crippen LogP contribution in [0.15, 0.2) is 29.3 Å². The van der Waals surface area contributed by atoms with Crippen LogP contribution in [0, 0.1) is 5.82 Å². The van der Waals surface area contributed by atoms with Gasteiger partial charge in [-0.15, -0.1) is 12.4 Å². The summed E-state index contributed by atoms with van der Waals surface area (Å²) in [5.41, 5.74) is 0.936. The van der Waals surface area contributed by atoms with E-state index in [1.54, 1.807) is 30.8 Å². The lowest BCUT2D eigenvalue weighted by molar-refractivity contribution is -0.133. The van der Waals surface area contributed by atoms with Gasteiger partial charge in [0.05, 0.1) is 6.04 Å². The van der Waals surface area contributed by atoms with E-state index in [1.807, 2.05) is 11.9 Å². The minimum absolute atomic E-state index is 0. The van der Waals surface area contributed by atoms with Gasteiger partial charge in [-0.05, 0) is 30.5 Å². The zero-order valence-corrected chi connectivity index (χ0v) is 16.3. The van der Waals surface area contributed by atoms with E-state index in [0.717, 1.165) is 16.5 Å².